The third-order valence-corrected chi connectivity index (χ3v) is 7.23. The second kappa shape index (κ2) is 9.77. The van der Waals surface area contributed by atoms with E-state index in [1.54, 1.807) is 0 Å². The monoisotopic (exact) mass is 511 g/mol. The standard InChI is InChI=1S/C26H28F3N7O/c27-26(28,29)24-33-23(34-37-24)19-13-31-25(32-14-19)35-9-7-17(8-10-35)11-30-12-20-16-36(15-18-5-6-18)22-4-2-1-3-21(20)22/h1-4,13-14,16-18,30H,5-12,15H2. The largest absolute Gasteiger partial charge is 0.471 e. The minimum absolute atomic E-state index is 0.181. The van der Waals surface area contributed by atoms with Gasteiger partial charge in [0.25, 0.3) is 0 Å². The van der Waals surface area contributed by atoms with Crippen LogP contribution in [0.25, 0.3) is 22.3 Å². The van der Waals surface area contributed by atoms with Crippen LogP contribution in [0, 0.1) is 11.8 Å². The number of aromatic nitrogens is 5. The lowest BCUT2D eigenvalue weighted by Crippen LogP contribution is -2.38. The highest BCUT2D eigenvalue weighted by atomic mass is 19.4. The van der Waals surface area contributed by atoms with Gasteiger partial charge in [-0.25, -0.2) is 9.97 Å². The van der Waals surface area contributed by atoms with E-state index in [0.717, 1.165) is 51.5 Å². The Morgan fingerprint density at radius 1 is 1.00 bits per heavy atom. The van der Waals surface area contributed by atoms with E-state index >= 15 is 0 Å². The van der Waals surface area contributed by atoms with Gasteiger partial charge in [-0.05, 0) is 55.7 Å². The molecule has 8 nitrogen and oxygen atoms in total. The zero-order chi connectivity index (χ0) is 25.4. The molecule has 0 spiro atoms. The Morgan fingerprint density at radius 2 is 1.76 bits per heavy atom. The summed E-state index contributed by atoms with van der Waals surface area (Å²) in [7, 11) is 0. The van der Waals surface area contributed by atoms with Crippen LogP contribution in [-0.4, -0.2) is 44.3 Å². The Morgan fingerprint density at radius 3 is 2.46 bits per heavy atom. The summed E-state index contributed by atoms with van der Waals surface area (Å²) in [5.74, 6) is 0.391. The Labute approximate surface area is 211 Å². The molecule has 2 aliphatic rings. The zero-order valence-corrected chi connectivity index (χ0v) is 20.3. The van der Waals surface area contributed by atoms with Gasteiger partial charge in [0, 0.05) is 55.7 Å². The molecule has 0 unspecified atom stereocenters. The van der Waals surface area contributed by atoms with Gasteiger partial charge in [-0.3, -0.25) is 0 Å². The number of anilines is 1. The molecule has 6 rings (SSSR count). The molecule has 1 aliphatic heterocycles. The first-order valence-electron chi connectivity index (χ1n) is 12.7. The fourth-order valence-corrected chi connectivity index (χ4v) is 5.00. The van der Waals surface area contributed by atoms with Gasteiger partial charge < -0.3 is 19.3 Å². The third-order valence-electron chi connectivity index (χ3n) is 7.23. The van der Waals surface area contributed by atoms with Crippen molar-refractivity contribution in [3.8, 4) is 11.4 Å². The average molecular weight is 512 g/mol. The number of fused-ring (bicyclic) bond motifs is 1. The van der Waals surface area contributed by atoms with E-state index in [1.165, 1.54) is 41.7 Å². The SMILES string of the molecule is FC(F)(F)c1nc(-c2cnc(N3CCC(CNCc4cn(CC5CC5)c5ccccc45)CC3)nc2)no1. The van der Waals surface area contributed by atoms with Crippen molar-refractivity contribution in [3.63, 3.8) is 0 Å². The normalized spacial score (nSPS) is 17.1. The molecule has 1 N–H and O–H groups in total. The number of benzene rings is 1. The maximum absolute atomic E-state index is 12.7. The summed E-state index contributed by atoms with van der Waals surface area (Å²) in [4.78, 5) is 14.1. The minimum Gasteiger partial charge on any atom is -0.347 e. The van der Waals surface area contributed by atoms with Crippen LogP contribution in [-0.2, 0) is 19.3 Å². The third kappa shape index (κ3) is 5.31. The van der Waals surface area contributed by atoms with Crippen molar-refractivity contribution in [1.29, 1.82) is 0 Å². The molecule has 1 saturated carbocycles. The first kappa shape index (κ1) is 23.9. The smallest absolute Gasteiger partial charge is 0.347 e. The molecule has 194 valence electrons. The lowest BCUT2D eigenvalue weighted by atomic mass is 9.97. The maximum Gasteiger partial charge on any atom is 0.471 e. The maximum atomic E-state index is 12.7. The van der Waals surface area contributed by atoms with Crippen LogP contribution in [0.4, 0.5) is 19.1 Å². The van der Waals surface area contributed by atoms with E-state index < -0.39 is 12.1 Å². The van der Waals surface area contributed by atoms with E-state index in [-0.39, 0.29) is 11.4 Å². The van der Waals surface area contributed by atoms with Crippen LogP contribution < -0.4 is 10.2 Å². The Hall–Kier alpha value is -3.47. The summed E-state index contributed by atoms with van der Waals surface area (Å²) in [5.41, 5.74) is 2.96. The average Bonchev–Trinajstić information content (AvgIpc) is 3.44. The molecule has 1 aromatic carbocycles. The van der Waals surface area contributed by atoms with E-state index in [2.05, 4.69) is 69.9 Å². The predicted octanol–water partition coefficient (Wildman–Crippen LogP) is 4.92. The van der Waals surface area contributed by atoms with E-state index in [9.17, 15) is 13.2 Å². The van der Waals surface area contributed by atoms with Gasteiger partial charge in [0.15, 0.2) is 0 Å². The molecule has 37 heavy (non-hydrogen) atoms. The predicted molar refractivity (Wildman–Crippen MR) is 132 cm³/mol. The number of alkyl halides is 3. The molecule has 1 saturated heterocycles. The van der Waals surface area contributed by atoms with Crippen LogP contribution in [0.3, 0.4) is 0 Å². The number of halogens is 3. The fourth-order valence-electron chi connectivity index (χ4n) is 5.00. The van der Waals surface area contributed by atoms with Gasteiger partial charge in [0.1, 0.15) is 0 Å². The molecule has 11 heteroatoms. The number of hydrogen-bond acceptors (Lipinski definition) is 7. The first-order valence-corrected chi connectivity index (χ1v) is 12.7. The molecule has 0 radical (unpaired) electrons. The van der Waals surface area contributed by atoms with Crippen molar-refractivity contribution in [2.24, 2.45) is 11.8 Å². The van der Waals surface area contributed by atoms with Gasteiger partial charge in [-0.1, -0.05) is 23.4 Å². The van der Waals surface area contributed by atoms with Gasteiger partial charge in [-0.15, -0.1) is 0 Å². The van der Waals surface area contributed by atoms with Gasteiger partial charge in [-0.2, -0.15) is 18.2 Å². The molecule has 3 aromatic heterocycles. The summed E-state index contributed by atoms with van der Waals surface area (Å²) in [6.45, 7) is 4.58. The van der Waals surface area contributed by atoms with Gasteiger partial charge in [0.2, 0.25) is 11.8 Å². The van der Waals surface area contributed by atoms with Crippen LogP contribution in [0.2, 0.25) is 0 Å². The first-order chi connectivity index (χ1) is 17.9. The molecule has 0 atom stereocenters. The van der Waals surface area contributed by atoms with Gasteiger partial charge >= 0.3 is 12.1 Å². The number of nitrogens with zero attached hydrogens (tertiary/aromatic N) is 6. The molecule has 4 heterocycles. The molecule has 4 aromatic rings. The molecule has 1 aliphatic carbocycles. The Balaban J connectivity index is 1.00. The van der Waals surface area contributed by atoms with E-state index in [0.29, 0.717) is 11.9 Å². The highest BCUT2D eigenvalue weighted by Gasteiger charge is 2.38. The van der Waals surface area contributed by atoms with Crippen LogP contribution in [0.15, 0.2) is 47.4 Å². The molecular formula is C26H28F3N7O. The topological polar surface area (TPSA) is 84.9 Å². The molecule has 2 fully saturated rings. The molecule has 0 amide bonds. The number of piperidine rings is 1. The summed E-state index contributed by atoms with van der Waals surface area (Å²) in [6.07, 6.45) is 5.22. The van der Waals surface area contributed by atoms with E-state index in [1.807, 2.05) is 0 Å². The second-order valence-electron chi connectivity index (χ2n) is 10.0. The van der Waals surface area contributed by atoms with Crippen molar-refractivity contribution < 1.29 is 17.7 Å². The van der Waals surface area contributed by atoms with Crippen molar-refractivity contribution in [1.82, 2.24) is 30.0 Å². The quantitative estimate of drug-likeness (QED) is 0.360. The summed E-state index contributed by atoms with van der Waals surface area (Å²) in [5, 5.41) is 8.39. The summed E-state index contributed by atoms with van der Waals surface area (Å²) < 4.78 is 44.8. The number of nitrogens with one attached hydrogen (secondary N) is 1. The van der Waals surface area contributed by atoms with Crippen LogP contribution in [0.5, 0.6) is 0 Å². The summed E-state index contributed by atoms with van der Waals surface area (Å²) >= 11 is 0. The van der Waals surface area contributed by atoms with Crippen molar-refractivity contribution in [3.05, 3.63) is 54.3 Å². The second-order valence-corrected chi connectivity index (χ2v) is 10.0. The highest BCUT2D eigenvalue weighted by molar-refractivity contribution is 5.84. The van der Waals surface area contributed by atoms with Crippen molar-refractivity contribution in [2.75, 3.05) is 24.5 Å². The Bertz CT molecular complexity index is 1350. The number of para-hydroxylation sites is 1. The molecule has 0 bridgehead atoms. The van der Waals surface area contributed by atoms with Crippen molar-refractivity contribution in [2.45, 2.75) is 44.9 Å². The fraction of sp³-hybridized carbons (Fsp3) is 0.462. The lowest BCUT2D eigenvalue weighted by molar-refractivity contribution is -0.159. The highest BCUT2D eigenvalue weighted by Crippen LogP contribution is 2.33. The number of rotatable bonds is 8. The van der Waals surface area contributed by atoms with Crippen molar-refractivity contribution >= 4 is 16.9 Å². The molecular weight excluding hydrogens is 483 g/mol. The minimum atomic E-state index is -4.68. The van der Waals surface area contributed by atoms with Gasteiger partial charge in [0.05, 0.1) is 5.56 Å². The number of hydrogen-bond donors (Lipinski definition) is 1. The summed E-state index contributed by atoms with van der Waals surface area (Å²) in [6, 6.07) is 8.66. The van der Waals surface area contributed by atoms with Crippen LogP contribution in [0.1, 0.15) is 37.1 Å². The lowest BCUT2D eigenvalue weighted by Gasteiger charge is -2.32. The van der Waals surface area contributed by atoms with E-state index in [4.69, 9.17) is 0 Å². The zero-order valence-electron chi connectivity index (χ0n) is 20.3. The van der Waals surface area contributed by atoms with Crippen LogP contribution >= 0.6 is 0 Å². The Kier molecular flexibility index (Phi) is 6.31.